The second-order valence-electron chi connectivity index (χ2n) is 11.8. The molecule has 7 rings (SSSR count). The van der Waals surface area contributed by atoms with Crippen molar-refractivity contribution in [3.63, 3.8) is 0 Å². The number of benzene rings is 2. The molecular weight excluding hydrogens is 528 g/mol. The number of fused-ring (bicyclic) bond motifs is 3. The molecule has 2 aliphatic rings. The molecule has 0 radical (unpaired) electrons. The lowest BCUT2D eigenvalue weighted by atomic mass is 9.86. The number of nitrogens with zero attached hydrogens (tertiary/aromatic N) is 4. The molecule has 0 spiro atoms. The average Bonchev–Trinajstić information content (AvgIpc) is 3.94. The van der Waals surface area contributed by atoms with Crippen LogP contribution in [0.1, 0.15) is 45.1 Å². The van der Waals surface area contributed by atoms with Crippen LogP contribution >= 0.6 is 0 Å². The van der Waals surface area contributed by atoms with Gasteiger partial charge in [-0.25, -0.2) is 0 Å². The van der Waals surface area contributed by atoms with Crippen LogP contribution in [0.3, 0.4) is 0 Å². The number of aromatic nitrogens is 4. The lowest BCUT2D eigenvalue weighted by Crippen LogP contribution is -2.35. The minimum atomic E-state index is -1.06. The van der Waals surface area contributed by atoms with E-state index in [1.165, 1.54) is 0 Å². The van der Waals surface area contributed by atoms with E-state index in [-0.39, 0.29) is 17.8 Å². The Morgan fingerprint density at radius 2 is 1.79 bits per heavy atom. The third kappa shape index (κ3) is 4.55. The predicted molar refractivity (Wildman–Crippen MR) is 158 cm³/mol. The molecule has 0 bridgehead atoms. The molecule has 0 saturated heterocycles. The zero-order valence-corrected chi connectivity index (χ0v) is 23.3. The number of pyridine rings is 2. The minimum Gasteiger partial charge on any atom is -0.449 e. The Kier molecular flexibility index (Phi) is 5.84. The third-order valence-corrected chi connectivity index (χ3v) is 8.21. The number of nitrogens with one attached hydrogen (secondary N) is 2. The van der Waals surface area contributed by atoms with E-state index >= 15 is 0 Å². The van der Waals surface area contributed by atoms with E-state index in [2.05, 4.69) is 37.6 Å². The molecule has 1 amide bonds. The molecule has 0 unspecified atom stereocenters. The quantitative estimate of drug-likeness (QED) is 0.233. The number of aromatic amines is 1. The van der Waals surface area contributed by atoms with Crippen LogP contribution in [-0.4, -0.2) is 37.6 Å². The highest BCUT2D eigenvalue weighted by atomic mass is 16.6. The van der Waals surface area contributed by atoms with E-state index in [0.717, 1.165) is 62.6 Å². The molecule has 0 aliphatic heterocycles. The van der Waals surface area contributed by atoms with Gasteiger partial charge in [-0.3, -0.25) is 24.7 Å². The SMILES string of the molecule is CC(C)(C#N)c1ccc(-c2n[nH]c3cnc4ccc(-c5cncc(NC(=O)C6(OC(=O)C7CC7)CC6)c5)cc4c23)cc1. The largest absolute Gasteiger partial charge is 0.449 e. The summed E-state index contributed by atoms with van der Waals surface area (Å²) in [5, 5.41) is 22.0. The molecule has 3 aromatic heterocycles. The number of H-pyrrole nitrogens is 1. The number of amides is 1. The van der Waals surface area contributed by atoms with Gasteiger partial charge in [0.2, 0.25) is 0 Å². The molecule has 5 aromatic rings. The van der Waals surface area contributed by atoms with Crippen LogP contribution in [0.2, 0.25) is 0 Å². The van der Waals surface area contributed by atoms with Crippen LogP contribution in [-0.2, 0) is 19.7 Å². The first-order valence-corrected chi connectivity index (χ1v) is 14.1. The maximum atomic E-state index is 13.0. The van der Waals surface area contributed by atoms with Crippen LogP contribution in [0.5, 0.6) is 0 Å². The monoisotopic (exact) mass is 556 g/mol. The molecule has 2 N–H and O–H groups in total. The fraction of sp³-hybridized carbons (Fsp3) is 0.273. The minimum absolute atomic E-state index is 0.0556. The Labute approximate surface area is 241 Å². The normalized spacial score (nSPS) is 15.7. The molecule has 2 aliphatic carbocycles. The second kappa shape index (κ2) is 9.48. The van der Waals surface area contributed by atoms with Gasteiger partial charge in [0.15, 0.2) is 5.60 Å². The van der Waals surface area contributed by atoms with Gasteiger partial charge in [-0.15, -0.1) is 0 Å². The van der Waals surface area contributed by atoms with Crippen LogP contribution in [0.15, 0.2) is 67.1 Å². The summed E-state index contributed by atoms with van der Waals surface area (Å²) in [4.78, 5) is 34.2. The molecular formula is C33H28N6O3. The Hall–Kier alpha value is -5.10. The summed E-state index contributed by atoms with van der Waals surface area (Å²) >= 11 is 0. The molecule has 42 heavy (non-hydrogen) atoms. The first kappa shape index (κ1) is 25.8. The summed E-state index contributed by atoms with van der Waals surface area (Å²) in [6, 6.07) is 18.1. The van der Waals surface area contributed by atoms with Gasteiger partial charge in [0.1, 0.15) is 5.69 Å². The summed E-state index contributed by atoms with van der Waals surface area (Å²) in [7, 11) is 0. The fourth-order valence-electron chi connectivity index (χ4n) is 5.20. The molecule has 2 saturated carbocycles. The van der Waals surface area contributed by atoms with Gasteiger partial charge >= 0.3 is 5.97 Å². The molecule has 9 heteroatoms. The number of rotatable bonds is 7. The van der Waals surface area contributed by atoms with Gasteiger partial charge in [0.25, 0.3) is 5.91 Å². The lowest BCUT2D eigenvalue weighted by molar-refractivity contribution is -0.158. The summed E-state index contributed by atoms with van der Waals surface area (Å²) in [6.45, 7) is 3.80. The lowest BCUT2D eigenvalue weighted by Gasteiger charge is -2.16. The van der Waals surface area contributed by atoms with Crippen LogP contribution in [0.25, 0.3) is 44.2 Å². The average molecular weight is 557 g/mol. The Morgan fingerprint density at radius 1 is 1.02 bits per heavy atom. The number of hydrogen-bond acceptors (Lipinski definition) is 7. The smallest absolute Gasteiger partial charge is 0.309 e. The summed E-state index contributed by atoms with van der Waals surface area (Å²) in [5.74, 6) is -0.641. The zero-order valence-electron chi connectivity index (χ0n) is 23.3. The van der Waals surface area contributed by atoms with Crippen molar-refractivity contribution in [2.24, 2.45) is 5.92 Å². The highest BCUT2D eigenvalue weighted by molar-refractivity contribution is 6.12. The summed E-state index contributed by atoms with van der Waals surface area (Å²) in [6.07, 6.45) is 7.85. The number of esters is 1. The zero-order chi connectivity index (χ0) is 29.1. The number of anilines is 1. The number of nitriles is 1. The number of ether oxygens (including phenoxy) is 1. The molecule has 9 nitrogen and oxygen atoms in total. The van der Waals surface area contributed by atoms with E-state index in [9.17, 15) is 14.9 Å². The van der Waals surface area contributed by atoms with Gasteiger partial charge in [-0.1, -0.05) is 30.3 Å². The van der Waals surface area contributed by atoms with Gasteiger partial charge in [-0.05, 0) is 56.0 Å². The van der Waals surface area contributed by atoms with Crippen molar-refractivity contribution in [1.82, 2.24) is 20.2 Å². The first-order valence-electron chi connectivity index (χ1n) is 14.1. The van der Waals surface area contributed by atoms with E-state index in [0.29, 0.717) is 18.5 Å². The van der Waals surface area contributed by atoms with Crippen LogP contribution in [0, 0.1) is 17.2 Å². The van der Waals surface area contributed by atoms with Crippen molar-refractivity contribution < 1.29 is 14.3 Å². The standard InChI is InChI=1S/C33H28N6O3/c1-32(2,18-34)23-8-5-19(6-9-23)29-28-25-14-21(7-10-26(25)36-17-27(28)38-39-29)22-13-24(16-35-15-22)37-31(41)33(11-12-33)42-30(40)20-3-4-20/h5-10,13-17,20H,3-4,11-12H2,1-2H3,(H,37,41)(H,38,39). The second-order valence-corrected chi connectivity index (χ2v) is 11.8. The number of hydrogen-bond donors (Lipinski definition) is 2. The van der Waals surface area contributed by atoms with E-state index in [1.54, 1.807) is 18.6 Å². The summed E-state index contributed by atoms with van der Waals surface area (Å²) in [5.41, 5.74) is 4.91. The number of carbonyl (C=O) groups excluding carboxylic acids is 2. The number of carbonyl (C=O) groups is 2. The maximum Gasteiger partial charge on any atom is 0.309 e. The van der Waals surface area contributed by atoms with Crippen molar-refractivity contribution in [1.29, 1.82) is 5.26 Å². The van der Waals surface area contributed by atoms with Crippen LogP contribution < -0.4 is 5.32 Å². The fourth-order valence-corrected chi connectivity index (χ4v) is 5.20. The molecule has 3 heterocycles. The molecule has 208 valence electrons. The van der Waals surface area contributed by atoms with Crippen molar-refractivity contribution in [2.75, 3.05) is 5.32 Å². The van der Waals surface area contributed by atoms with Crippen molar-refractivity contribution in [3.05, 3.63) is 72.7 Å². The first-order chi connectivity index (χ1) is 20.3. The van der Waals surface area contributed by atoms with Gasteiger partial charge in [0.05, 0.1) is 46.5 Å². The third-order valence-electron chi connectivity index (χ3n) is 8.21. The molecule has 2 fully saturated rings. The van der Waals surface area contributed by atoms with Crippen LogP contribution in [0.4, 0.5) is 5.69 Å². The van der Waals surface area contributed by atoms with Crippen molar-refractivity contribution >= 4 is 39.4 Å². The topological polar surface area (TPSA) is 134 Å². The predicted octanol–water partition coefficient (Wildman–Crippen LogP) is 6.07. The highest BCUT2D eigenvalue weighted by Crippen LogP contribution is 2.43. The van der Waals surface area contributed by atoms with Gasteiger partial charge in [0, 0.05) is 40.9 Å². The molecule has 2 aromatic carbocycles. The Balaban J connectivity index is 1.21. The van der Waals surface area contributed by atoms with E-state index in [1.807, 2.05) is 56.3 Å². The van der Waals surface area contributed by atoms with Gasteiger partial charge < -0.3 is 10.1 Å². The van der Waals surface area contributed by atoms with E-state index < -0.39 is 11.0 Å². The van der Waals surface area contributed by atoms with Gasteiger partial charge in [-0.2, -0.15) is 10.4 Å². The Morgan fingerprint density at radius 3 is 2.50 bits per heavy atom. The van der Waals surface area contributed by atoms with E-state index in [4.69, 9.17) is 4.74 Å². The Bertz CT molecular complexity index is 1930. The van der Waals surface area contributed by atoms with Crippen molar-refractivity contribution in [3.8, 4) is 28.5 Å². The molecule has 0 atom stereocenters. The highest BCUT2D eigenvalue weighted by Gasteiger charge is 2.55. The van der Waals surface area contributed by atoms with Crippen molar-refractivity contribution in [2.45, 2.75) is 50.5 Å². The maximum absolute atomic E-state index is 13.0. The summed E-state index contributed by atoms with van der Waals surface area (Å²) < 4.78 is 5.58.